The van der Waals surface area contributed by atoms with Crippen LogP contribution in [-0.2, 0) is 15.8 Å². The van der Waals surface area contributed by atoms with E-state index in [9.17, 15) is 28.3 Å². The van der Waals surface area contributed by atoms with Crippen LogP contribution in [0.5, 0.6) is 11.5 Å². The molecule has 3 aromatic carbocycles. The van der Waals surface area contributed by atoms with Crippen LogP contribution in [0.15, 0.2) is 89.4 Å². The fraction of sp³-hybridized carbons (Fsp3) is 0.400. The molecule has 4 heterocycles. The molecule has 1 aliphatic carbocycles. The first kappa shape index (κ1) is 33.5. The van der Waals surface area contributed by atoms with Crippen LogP contribution < -0.4 is 16.2 Å². The van der Waals surface area contributed by atoms with E-state index < -0.39 is 33.1 Å². The maximum Gasteiger partial charge on any atom is 0.268 e. The lowest BCUT2D eigenvalue weighted by Gasteiger charge is -2.37. The lowest BCUT2D eigenvalue weighted by atomic mass is 9.72. The number of phenols is 1. The van der Waals surface area contributed by atoms with Crippen molar-refractivity contribution >= 4 is 16.1 Å². The molecule has 4 aliphatic heterocycles. The standard InChI is InChI=1S/C35H43N3O7S/c1-2-22-21-32(46(42,43)44)31-20-26(33(41)25-6-13-28(40)14-7-25)10-17-30(31)24-4-11-27(12-5-24)35(18-3-19-39,38-34(36)37)45-29-15-8-23(22)9-16-29/h4-9,11-16,20,22,30-33,39-41H,2-3,10,17-19,21H2,1H3,(H4,36,37,38)(H,42,43,44)/t22-,30+,31+,32-,33+,35+/m1/s1. The van der Waals surface area contributed by atoms with Gasteiger partial charge in [-0.3, -0.25) is 4.55 Å². The van der Waals surface area contributed by atoms with Gasteiger partial charge in [0.25, 0.3) is 10.1 Å². The van der Waals surface area contributed by atoms with Gasteiger partial charge in [-0.2, -0.15) is 8.42 Å². The monoisotopic (exact) mass is 649 g/mol. The van der Waals surface area contributed by atoms with Gasteiger partial charge in [0.05, 0.1) is 5.25 Å². The number of nitrogens with two attached hydrogens (primary N) is 2. The zero-order chi connectivity index (χ0) is 33.1. The number of benzene rings is 3. The molecule has 0 unspecified atom stereocenters. The topological polar surface area (TPSA) is 189 Å². The summed E-state index contributed by atoms with van der Waals surface area (Å²) in [6, 6.07) is 21.1. The molecule has 0 radical (unpaired) electrons. The van der Waals surface area contributed by atoms with Gasteiger partial charge in [-0.25, -0.2) is 4.99 Å². The summed E-state index contributed by atoms with van der Waals surface area (Å²) in [4.78, 5) is 4.54. The largest absolute Gasteiger partial charge is 0.508 e. The van der Waals surface area contributed by atoms with E-state index in [2.05, 4.69) is 4.99 Å². The number of rotatable bonds is 8. The summed E-state index contributed by atoms with van der Waals surface area (Å²) in [5, 5.41) is 29.7. The molecular weight excluding hydrogens is 606 g/mol. The molecule has 8 N–H and O–H groups in total. The highest BCUT2D eigenvalue weighted by atomic mass is 32.2. The summed E-state index contributed by atoms with van der Waals surface area (Å²) in [6.07, 6.45) is 3.31. The van der Waals surface area contributed by atoms with Gasteiger partial charge in [-0.15, -0.1) is 0 Å². The molecule has 6 atom stereocenters. The van der Waals surface area contributed by atoms with Crippen molar-refractivity contribution in [1.82, 2.24) is 0 Å². The second-order valence-corrected chi connectivity index (χ2v) is 13.9. The third-order valence-electron chi connectivity index (χ3n) is 9.41. The molecule has 0 aromatic heterocycles. The maximum atomic E-state index is 13.2. The number of phenolic OH excluding ortho intramolecular Hbond substituents is 1. The summed E-state index contributed by atoms with van der Waals surface area (Å²) in [6.45, 7) is 1.89. The van der Waals surface area contributed by atoms with Gasteiger partial charge in [0.15, 0.2) is 5.96 Å². The molecule has 5 aliphatic rings. The van der Waals surface area contributed by atoms with Crippen molar-refractivity contribution in [1.29, 1.82) is 0 Å². The molecule has 46 heavy (non-hydrogen) atoms. The number of hydrogen-bond acceptors (Lipinski definition) is 7. The Morgan fingerprint density at radius 3 is 2.26 bits per heavy atom. The molecular formula is C35H43N3O7S. The van der Waals surface area contributed by atoms with Crippen molar-refractivity contribution in [3.05, 3.63) is 107 Å². The quantitative estimate of drug-likeness (QED) is 0.0846. The molecule has 4 bridgehead atoms. The van der Waals surface area contributed by atoms with Crippen LogP contribution in [0.25, 0.3) is 0 Å². The van der Waals surface area contributed by atoms with Gasteiger partial charge in [-0.1, -0.05) is 61.5 Å². The average Bonchev–Trinajstić information content (AvgIpc) is 3.04. The molecule has 0 saturated carbocycles. The molecule has 0 fully saturated rings. The number of aliphatic imine (C=N–C) groups is 1. The number of hydrogen-bond donors (Lipinski definition) is 6. The SMILES string of the molecule is CC[C@@H]1C[C@@H](S(=O)(=O)O)[C@H]2C=C([C@@H](O)c3ccc(O)cc3)CC[C@H]2c2ccc(cc2)[C@@](CCCO)(N=C(N)N)Oc2ccc1cc2. The van der Waals surface area contributed by atoms with Crippen LogP contribution in [0.3, 0.4) is 0 Å². The summed E-state index contributed by atoms with van der Waals surface area (Å²) >= 11 is 0. The van der Waals surface area contributed by atoms with Crippen molar-refractivity contribution in [3.8, 4) is 11.5 Å². The van der Waals surface area contributed by atoms with Crippen molar-refractivity contribution in [2.75, 3.05) is 6.61 Å². The van der Waals surface area contributed by atoms with Crippen LogP contribution in [-0.4, -0.2) is 46.1 Å². The fourth-order valence-electron chi connectivity index (χ4n) is 7.03. The Balaban J connectivity index is 1.69. The zero-order valence-electron chi connectivity index (χ0n) is 25.9. The van der Waals surface area contributed by atoms with Crippen molar-refractivity contribution in [2.24, 2.45) is 22.4 Å². The first-order valence-corrected chi connectivity index (χ1v) is 17.2. The van der Waals surface area contributed by atoms with Crippen LogP contribution in [0.4, 0.5) is 0 Å². The van der Waals surface area contributed by atoms with Crippen molar-refractivity contribution < 1.29 is 33.0 Å². The van der Waals surface area contributed by atoms with E-state index in [0.29, 0.717) is 48.1 Å². The van der Waals surface area contributed by atoms with E-state index in [1.165, 1.54) is 12.1 Å². The molecule has 0 amide bonds. The second kappa shape index (κ2) is 13.8. The second-order valence-electron chi connectivity index (χ2n) is 12.3. The highest BCUT2D eigenvalue weighted by Gasteiger charge is 2.42. The predicted molar refractivity (Wildman–Crippen MR) is 177 cm³/mol. The third-order valence-corrected chi connectivity index (χ3v) is 10.7. The Morgan fingerprint density at radius 2 is 1.67 bits per heavy atom. The number of aliphatic hydroxyl groups is 2. The highest BCUT2D eigenvalue weighted by Crippen LogP contribution is 2.47. The Labute approximate surface area is 270 Å². The lowest BCUT2D eigenvalue weighted by Crippen LogP contribution is -2.37. The van der Waals surface area contributed by atoms with Gasteiger partial charge in [0, 0.05) is 24.5 Å². The molecule has 0 saturated heterocycles. The molecule has 10 nitrogen and oxygen atoms in total. The number of nitrogens with zero attached hydrogens (tertiary/aromatic N) is 1. The average molecular weight is 650 g/mol. The molecule has 11 heteroatoms. The fourth-order valence-corrected chi connectivity index (χ4v) is 8.17. The van der Waals surface area contributed by atoms with Crippen molar-refractivity contribution in [3.63, 3.8) is 0 Å². The minimum absolute atomic E-state index is 0.0783. The molecule has 246 valence electrons. The highest BCUT2D eigenvalue weighted by molar-refractivity contribution is 7.86. The van der Waals surface area contributed by atoms with Gasteiger partial charge in [-0.05, 0) is 90.5 Å². The first-order valence-electron chi connectivity index (χ1n) is 15.7. The number of guanidine groups is 1. The van der Waals surface area contributed by atoms with E-state index in [0.717, 1.165) is 11.1 Å². The number of allylic oxidation sites excluding steroid dienone is 1. The van der Waals surface area contributed by atoms with Gasteiger partial charge in [0.2, 0.25) is 5.72 Å². The summed E-state index contributed by atoms with van der Waals surface area (Å²) in [5.41, 5.74) is 14.1. The number of aromatic hydroxyl groups is 1. The zero-order valence-corrected chi connectivity index (χ0v) is 26.7. The van der Waals surface area contributed by atoms with Gasteiger partial charge in [0.1, 0.15) is 17.6 Å². The minimum atomic E-state index is -4.54. The minimum Gasteiger partial charge on any atom is -0.508 e. The van der Waals surface area contributed by atoms with Crippen LogP contribution in [0, 0.1) is 5.92 Å². The Bertz CT molecular complexity index is 1650. The van der Waals surface area contributed by atoms with Gasteiger partial charge < -0.3 is 31.5 Å². The molecule has 0 spiro atoms. The molecule has 8 rings (SSSR count). The van der Waals surface area contributed by atoms with E-state index in [4.69, 9.17) is 16.2 Å². The maximum absolute atomic E-state index is 13.2. The third kappa shape index (κ3) is 7.23. The summed E-state index contributed by atoms with van der Waals surface area (Å²) in [7, 11) is -4.54. The summed E-state index contributed by atoms with van der Waals surface area (Å²) < 4.78 is 43.8. The Kier molecular flexibility index (Phi) is 10.1. The van der Waals surface area contributed by atoms with E-state index in [1.54, 1.807) is 24.3 Å². The van der Waals surface area contributed by atoms with Crippen molar-refractivity contribution in [2.45, 2.75) is 74.4 Å². The number of ether oxygens (including phenoxy) is 1. The van der Waals surface area contributed by atoms with E-state index in [1.807, 2.05) is 49.4 Å². The first-order chi connectivity index (χ1) is 21.9. The summed E-state index contributed by atoms with van der Waals surface area (Å²) in [5.74, 6) is -0.743. The Hall–Kier alpha value is -3.90. The predicted octanol–water partition coefficient (Wildman–Crippen LogP) is 4.98. The molecule has 3 aromatic rings. The van der Waals surface area contributed by atoms with Crippen LogP contribution in [0.2, 0.25) is 0 Å². The smallest absolute Gasteiger partial charge is 0.268 e. The van der Waals surface area contributed by atoms with Crippen LogP contribution >= 0.6 is 0 Å². The van der Waals surface area contributed by atoms with Crippen LogP contribution in [0.1, 0.15) is 85.6 Å². The normalized spacial score (nSPS) is 25.3. The van der Waals surface area contributed by atoms with E-state index in [-0.39, 0.29) is 43.0 Å². The van der Waals surface area contributed by atoms with E-state index >= 15 is 0 Å². The Morgan fingerprint density at radius 1 is 1.02 bits per heavy atom. The van der Waals surface area contributed by atoms with Gasteiger partial charge >= 0.3 is 0 Å². The lowest BCUT2D eigenvalue weighted by molar-refractivity contribution is 0.0576. The number of aliphatic hydroxyl groups excluding tert-OH is 2.